The van der Waals surface area contributed by atoms with Crippen molar-refractivity contribution in [2.24, 2.45) is 0 Å². The number of fused-ring (bicyclic) bond motifs is 1. The van der Waals surface area contributed by atoms with Crippen molar-refractivity contribution in [2.45, 2.75) is 12.7 Å². The molecule has 1 fully saturated rings. The minimum atomic E-state index is -4.59. The van der Waals surface area contributed by atoms with Crippen LogP contribution in [-0.4, -0.2) is 42.1 Å². The zero-order valence-corrected chi connectivity index (χ0v) is 16.7. The second-order valence-electron chi connectivity index (χ2n) is 7.31. The Morgan fingerprint density at radius 3 is 2.62 bits per heavy atom. The van der Waals surface area contributed by atoms with E-state index in [1.54, 1.807) is 6.07 Å². The molecule has 1 aliphatic heterocycles. The van der Waals surface area contributed by atoms with Gasteiger partial charge in [-0.1, -0.05) is 6.07 Å². The number of carbonyl (C=O) groups is 1. The zero-order chi connectivity index (χ0) is 22.9. The van der Waals surface area contributed by atoms with Gasteiger partial charge in [0.25, 0.3) is 11.6 Å². The summed E-state index contributed by atoms with van der Waals surface area (Å²) in [6.07, 6.45) is -3.22. The number of benzene rings is 2. The van der Waals surface area contributed by atoms with Crippen LogP contribution in [0.15, 0.2) is 42.6 Å². The Morgan fingerprint density at radius 1 is 1.19 bits per heavy atom. The molecule has 0 atom stereocenters. The van der Waals surface area contributed by atoms with Gasteiger partial charge >= 0.3 is 6.18 Å². The van der Waals surface area contributed by atoms with Gasteiger partial charge in [-0.25, -0.2) is 0 Å². The molecule has 4 rings (SSSR count). The third-order valence-corrected chi connectivity index (χ3v) is 5.34. The van der Waals surface area contributed by atoms with Crippen molar-refractivity contribution < 1.29 is 27.6 Å². The van der Waals surface area contributed by atoms with Gasteiger partial charge in [0.05, 0.1) is 29.3 Å². The largest absolute Gasteiger partial charge is 0.416 e. The lowest BCUT2D eigenvalue weighted by molar-refractivity contribution is -0.384. The summed E-state index contributed by atoms with van der Waals surface area (Å²) in [6.45, 7) is 1.54. The summed E-state index contributed by atoms with van der Waals surface area (Å²) in [4.78, 5) is 27.7. The molecule has 168 valence electrons. The molecule has 0 radical (unpaired) electrons. The number of ether oxygens (including phenoxy) is 1. The maximum Gasteiger partial charge on any atom is 0.416 e. The summed E-state index contributed by atoms with van der Waals surface area (Å²) in [6, 6.07) is 8.05. The van der Waals surface area contributed by atoms with E-state index in [0.29, 0.717) is 42.9 Å². The van der Waals surface area contributed by atoms with Crippen molar-refractivity contribution in [3.05, 3.63) is 69.4 Å². The first-order chi connectivity index (χ1) is 15.2. The Hall–Kier alpha value is -3.60. The number of non-ortho nitro benzene ring substituents is 1. The molecule has 2 N–H and O–H groups in total. The predicted octanol–water partition coefficient (Wildman–Crippen LogP) is 3.86. The van der Waals surface area contributed by atoms with Gasteiger partial charge in [0.15, 0.2) is 0 Å². The molecule has 0 bridgehead atoms. The molecule has 0 saturated carbocycles. The van der Waals surface area contributed by atoms with E-state index >= 15 is 0 Å². The first kappa shape index (κ1) is 21.6. The zero-order valence-electron chi connectivity index (χ0n) is 16.7. The lowest BCUT2D eigenvalue weighted by atomic mass is 10.0. The van der Waals surface area contributed by atoms with Crippen LogP contribution in [0.5, 0.6) is 0 Å². The van der Waals surface area contributed by atoms with Gasteiger partial charge in [-0.05, 0) is 23.8 Å². The summed E-state index contributed by atoms with van der Waals surface area (Å²) in [7, 11) is 0. The van der Waals surface area contributed by atoms with Crippen LogP contribution < -0.4 is 10.2 Å². The fraction of sp³-hybridized carbons (Fsp3) is 0.286. The molecule has 0 unspecified atom stereocenters. The lowest BCUT2D eigenvalue weighted by Gasteiger charge is -2.29. The van der Waals surface area contributed by atoms with E-state index in [9.17, 15) is 28.1 Å². The van der Waals surface area contributed by atoms with E-state index in [-0.39, 0.29) is 23.4 Å². The van der Waals surface area contributed by atoms with E-state index in [2.05, 4.69) is 10.3 Å². The van der Waals surface area contributed by atoms with Crippen LogP contribution in [0.2, 0.25) is 0 Å². The smallest absolute Gasteiger partial charge is 0.378 e. The third kappa shape index (κ3) is 4.37. The number of halogens is 3. The Labute approximate surface area is 180 Å². The Bertz CT molecular complexity index is 1170. The number of hydrogen-bond donors (Lipinski definition) is 2. The van der Waals surface area contributed by atoms with Crippen molar-refractivity contribution >= 4 is 28.2 Å². The number of nitro groups is 1. The number of rotatable bonds is 5. The van der Waals surface area contributed by atoms with Gasteiger partial charge in [0.1, 0.15) is 0 Å². The molecule has 1 amide bonds. The highest BCUT2D eigenvalue weighted by Gasteiger charge is 2.34. The normalized spacial score (nSPS) is 14.5. The van der Waals surface area contributed by atoms with Crippen LogP contribution >= 0.6 is 0 Å². The summed E-state index contributed by atoms with van der Waals surface area (Å²) >= 11 is 0. The van der Waals surface area contributed by atoms with Gasteiger partial charge in [0, 0.05) is 54.6 Å². The first-order valence-electron chi connectivity index (χ1n) is 9.80. The van der Waals surface area contributed by atoms with Crippen molar-refractivity contribution in [2.75, 3.05) is 31.2 Å². The summed E-state index contributed by atoms with van der Waals surface area (Å²) < 4.78 is 46.3. The third-order valence-electron chi connectivity index (χ3n) is 5.34. The van der Waals surface area contributed by atoms with Gasteiger partial charge < -0.3 is 19.9 Å². The monoisotopic (exact) mass is 448 g/mol. The van der Waals surface area contributed by atoms with Crippen molar-refractivity contribution in [1.82, 2.24) is 10.3 Å². The molecule has 32 heavy (non-hydrogen) atoms. The molecule has 1 aromatic heterocycles. The van der Waals surface area contributed by atoms with Crippen LogP contribution in [0.25, 0.3) is 10.9 Å². The van der Waals surface area contributed by atoms with Crippen LogP contribution in [0.3, 0.4) is 0 Å². The minimum Gasteiger partial charge on any atom is -0.378 e. The number of amides is 1. The number of aromatic nitrogens is 1. The highest BCUT2D eigenvalue weighted by atomic mass is 19.4. The minimum absolute atomic E-state index is 0.0753. The van der Waals surface area contributed by atoms with Gasteiger partial charge in [-0.3, -0.25) is 14.9 Å². The van der Waals surface area contributed by atoms with Crippen molar-refractivity contribution in [1.29, 1.82) is 0 Å². The molecule has 2 aromatic carbocycles. The molecule has 0 aliphatic carbocycles. The van der Waals surface area contributed by atoms with Gasteiger partial charge in [-0.15, -0.1) is 0 Å². The molecule has 1 aliphatic rings. The predicted molar refractivity (Wildman–Crippen MR) is 111 cm³/mol. The van der Waals surface area contributed by atoms with E-state index < -0.39 is 22.6 Å². The molecule has 0 spiro atoms. The lowest BCUT2D eigenvalue weighted by Crippen LogP contribution is -2.36. The number of nitro benzene ring substituents is 1. The van der Waals surface area contributed by atoms with Gasteiger partial charge in [-0.2, -0.15) is 13.2 Å². The topological polar surface area (TPSA) is 100 Å². The molecular formula is C21H19F3N4O4. The van der Waals surface area contributed by atoms with Crippen molar-refractivity contribution in [3.8, 4) is 0 Å². The molecule has 2 heterocycles. The molecule has 11 heteroatoms. The summed E-state index contributed by atoms with van der Waals surface area (Å²) in [5.74, 6) is -0.637. The number of morpholine rings is 1. The number of nitrogens with one attached hydrogen (secondary N) is 2. The van der Waals surface area contributed by atoms with Crippen LogP contribution in [0.4, 0.5) is 24.5 Å². The van der Waals surface area contributed by atoms with E-state index in [0.717, 1.165) is 6.07 Å². The SMILES string of the molecule is O=C(NCc1ccc(N2CCOCC2)cc1C(F)(F)F)c1c[nH]c2ccc([N+](=O)[O-])cc12. The standard InChI is InChI=1S/C21H19F3N4O4/c22-21(23,24)18-10-14(27-5-7-32-8-6-27)2-1-13(18)11-26-20(29)17-12-25-19-4-3-15(28(30)31)9-16(17)19/h1-4,9-10,12,25H,5-8,11H2,(H,26,29). The van der Waals surface area contributed by atoms with E-state index in [1.807, 2.05) is 4.90 Å². The number of hydrogen-bond acceptors (Lipinski definition) is 5. The number of alkyl halides is 3. The van der Waals surface area contributed by atoms with E-state index in [1.165, 1.54) is 30.5 Å². The number of aromatic amines is 1. The average Bonchev–Trinajstić information content (AvgIpc) is 3.20. The maximum absolute atomic E-state index is 13.7. The molecule has 3 aromatic rings. The van der Waals surface area contributed by atoms with Crippen LogP contribution in [0.1, 0.15) is 21.5 Å². The molecule has 1 saturated heterocycles. The van der Waals surface area contributed by atoms with Crippen LogP contribution in [-0.2, 0) is 17.5 Å². The Morgan fingerprint density at radius 2 is 1.94 bits per heavy atom. The molecular weight excluding hydrogens is 429 g/mol. The summed E-state index contributed by atoms with van der Waals surface area (Å²) in [5, 5.41) is 13.8. The molecule has 8 nitrogen and oxygen atoms in total. The number of carbonyl (C=O) groups excluding carboxylic acids is 1. The average molecular weight is 448 g/mol. The number of H-pyrrole nitrogens is 1. The fourth-order valence-electron chi connectivity index (χ4n) is 3.68. The second-order valence-corrected chi connectivity index (χ2v) is 7.31. The summed E-state index contributed by atoms with van der Waals surface area (Å²) in [5.41, 5.74) is -0.0253. The van der Waals surface area contributed by atoms with Gasteiger partial charge in [0.2, 0.25) is 0 Å². The quantitative estimate of drug-likeness (QED) is 0.456. The first-order valence-corrected chi connectivity index (χ1v) is 9.80. The number of nitrogens with zero attached hydrogens (tertiary/aromatic N) is 2. The Kier molecular flexibility index (Phi) is 5.74. The Balaban J connectivity index is 1.56. The van der Waals surface area contributed by atoms with E-state index in [4.69, 9.17) is 4.74 Å². The highest BCUT2D eigenvalue weighted by Crippen LogP contribution is 2.35. The number of anilines is 1. The fourth-order valence-corrected chi connectivity index (χ4v) is 3.68. The highest BCUT2D eigenvalue weighted by molar-refractivity contribution is 6.07. The maximum atomic E-state index is 13.7. The second kappa shape index (κ2) is 8.50. The van der Waals surface area contributed by atoms with Crippen LogP contribution in [0, 0.1) is 10.1 Å². The van der Waals surface area contributed by atoms with Crippen molar-refractivity contribution in [3.63, 3.8) is 0 Å².